The van der Waals surface area contributed by atoms with Crippen molar-refractivity contribution < 1.29 is 18.0 Å². The molecule has 0 spiro atoms. The minimum atomic E-state index is -4.46. The Kier molecular flexibility index (Phi) is 12.1. The third kappa shape index (κ3) is 9.00. The SMILES string of the molecule is CNC(C)CNC(=O)CNC(c1ccccc1)C(F)(F)F.Cl.Cl. The number of nitrogens with one attached hydrogen (secondary N) is 3. The molecule has 0 radical (unpaired) electrons. The maximum Gasteiger partial charge on any atom is 0.407 e. The highest BCUT2D eigenvalue weighted by atomic mass is 35.5. The fourth-order valence-electron chi connectivity index (χ4n) is 1.69. The van der Waals surface area contributed by atoms with Crippen LogP contribution in [-0.2, 0) is 4.79 Å². The molecule has 0 saturated heterocycles. The maximum absolute atomic E-state index is 13.0. The van der Waals surface area contributed by atoms with Gasteiger partial charge in [-0.15, -0.1) is 24.8 Å². The Morgan fingerprint density at radius 2 is 1.74 bits per heavy atom. The zero-order valence-electron chi connectivity index (χ0n) is 12.8. The number of alkyl halides is 3. The Morgan fingerprint density at radius 3 is 2.22 bits per heavy atom. The lowest BCUT2D eigenvalue weighted by Gasteiger charge is -2.22. The molecule has 0 aliphatic rings. The summed E-state index contributed by atoms with van der Waals surface area (Å²) in [6.07, 6.45) is -4.46. The van der Waals surface area contributed by atoms with Crippen LogP contribution in [0.2, 0.25) is 0 Å². The van der Waals surface area contributed by atoms with Gasteiger partial charge in [0.15, 0.2) is 0 Å². The number of rotatable bonds is 7. The van der Waals surface area contributed by atoms with Gasteiger partial charge in [0.25, 0.3) is 0 Å². The quantitative estimate of drug-likeness (QED) is 0.685. The maximum atomic E-state index is 13.0. The fraction of sp³-hybridized carbons (Fsp3) is 0.500. The summed E-state index contributed by atoms with van der Waals surface area (Å²) < 4.78 is 39.1. The van der Waals surface area contributed by atoms with Gasteiger partial charge >= 0.3 is 6.18 Å². The van der Waals surface area contributed by atoms with Crippen LogP contribution in [0.5, 0.6) is 0 Å². The molecule has 0 aliphatic carbocycles. The van der Waals surface area contributed by atoms with E-state index >= 15 is 0 Å². The van der Waals surface area contributed by atoms with Gasteiger partial charge in [-0.25, -0.2) is 0 Å². The minimum Gasteiger partial charge on any atom is -0.353 e. The topological polar surface area (TPSA) is 53.2 Å². The van der Waals surface area contributed by atoms with Crippen molar-refractivity contribution >= 4 is 30.7 Å². The van der Waals surface area contributed by atoms with E-state index in [-0.39, 0.29) is 36.4 Å². The van der Waals surface area contributed by atoms with Gasteiger partial charge in [0.1, 0.15) is 6.04 Å². The average molecular weight is 376 g/mol. The number of hydrogen-bond acceptors (Lipinski definition) is 3. The van der Waals surface area contributed by atoms with Crippen molar-refractivity contribution in [2.45, 2.75) is 25.2 Å². The first-order chi connectivity index (χ1) is 9.84. The highest BCUT2D eigenvalue weighted by molar-refractivity contribution is 5.85. The largest absolute Gasteiger partial charge is 0.407 e. The second kappa shape index (κ2) is 11.5. The molecule has 1 rings (SSSR count). The number of likely N-dealkylation sites (N-methyl/N-ethyl adjacent to an activating group) is 1. The van der Waals surface area contributed by atoms with Gasteiger partial charge in [-0.1, -0.05) is 30.3 Å². The van der Waals surface area contributed by atoms with Crippen molar-refractivity contribution in [1.29, 1.82) is 0 Å². The van der Waals surface area contributed by atoms with Crippen LogP contribution < -0.4 is 16.0 Å². The number of carbonyl (C=O) groups is 1. The molecule has 9 heteroatoms. The molecule has 4 nitrogen and oxygen atoms in total. The van der Waals surface area contributed by atoms with E-state index in [4.69, 9.17) is 0 Å². The summed E-state index contributed by atoms with van der Waals surface area (Å²) >= 11 is 0. The molecule has 3 N–H and O–H groups in total. The number of hydrogen-bond donors (Lipinski definition) is 3. The van der Waals surface area contributed by atoms with Crippen molar-refractivity contribution in [3.05, 3.63) is 35.9 Å². The molecule has 0 aromatic heterocycles. The van der Waals surface area contributed by atoms with Crippen LogP contribution in [0, 0.1) is 0 Å². The van der Waals surface area contributed by atoms with Crippen molar-refractivity contribution in [1.82, 2.24) is 16.0 Å². The minimum absolute atomic E-state index is 0. The zero-order chi connectivity index (χ0) is 15.9. The zero-order valence-corrected chi connectivity index (χ0v) is 14.4. The molecular formula is C14H22Cl2F3N3O. The first-order valence-corrected chi connectivity index (χ1v) is 6.63. The van der Waals surface area contributed by atoms with E-state index < -0.39 is 24.7 Å². The molecule has 1 aromatic carbocycles. The lowest BCUT2D eigenvalue weighted by molar-refractivity contribution is -0.158. The lowest BCUT2D eigenvalue weighted by atomic mass is 10.1. The van der Waals surface area contributed by atoms with Gasteiger partial charge in [-0.3, -0.25) is 10.1 Å². The van der Waals surface area contributed by atoms with Crippen LogP contribution in [0.25, 0.3) is 0 Å². The average Bonchev–Trinajstić information content (AvgIpc) is 2.44. The summed E-state index contributed by atoms with van der Waals surface area (Å²) in [5.74, 6) is -0.470. The van der Waals surface area contributed by atoms with Crippen molar-refractivity contribution in [2.24, 2.45) is 0 Å². The van der Waals surface area contributed by atoms with Crippen molar-refractivity contribution in [2.75, 3.05) is 20.1 Å². The predicted octanol–water partition coefficient (Wildman–Crippen LogP) is 2.45. The fourth-order valence-corrected chi connectivity index (χ4v) is 1.69. The summed E-state index contributed by atoms with van der Waals surface area (Å²) in [5, 5.41) is 7.74. The normalized spacial score (nSPS) is 13.3. The first-order valence-electron chi connectivity index (χ1n) is 6.63. The molecule has 0 saturated carbocycles. The van der Waals surface area contributed by atoms with Crippen LogP contribution in [0.4, 0.5) is 13.2 Å². The van der Waals surface area contributed by atoms with E-state index in [9.17, 15) is 18.0 Å². The highest BCUT2D eigenvalue weighted by Gasteiger charge is 2.40. The van der Waals surface area contributed by atoms with E-state index in [1.54, 1.807) is 13.1 Å². The second-order valence-electron chi connectivity index (χ2n) is 4.76. The van der Waals surface area contributed by atoms with E-state index in [1.165, 1.54) is 24.3 Å². The standard InChI is InChI=1S/C14H20F3N3O.2ClH/c1-10(18-2)8-19-12(21)9-20-13(14(15,16)17)11-6-4-3-5-7-11;;/h3-7,10,13,18,20H,8-9H2,1-2H3,(H,19,21);2*1H. The van der Waals surface area contributed by atoms with Gasteiger partial charge < -0.3 is 10.6 Å². The number of carbonyl (C=O) groups excluding carboxylic acids is 1. The van der Waals surface area contributed by atoms with Gasteiger partial charge in [-0.05, 0) is 19.5 Å². The van der Waals surface area contributed by atoms with Gasteiger partial charge in [0, 0.05) is 12.6 Å². The highest BCUT2D eigenvalue weighted by Crippen LogP contribution is 2.32. The Labute approximate surface area is 146 Å². The molecule has 1 aromatic rings. The summed E-state index contributed by atoms with van der Waals surface area (Å²) in [4.78, 5) is 11.6. The molecule has 0 aliphatic heterocycles. The molecule has 23 heavy (non-hydrogen) atoms. The summed E-state index contributed by atoms with van der Waals surface area (Å²) in [6, 6.07) is 5.67. The molecule has 0 heterocycles. The smallest absolute Gasteiger partial charge is 0.353 e. The first kappa shape index (κ1) is 24.2. The number of amides is 1. The van der Waals surface area contributed by atoms with Crippen LogP contribution in [-0.4, -0.2) is 38.3 Å². The van der Waals surface area contributed by atoms with E-state index in [1.807, 2.05) is 6.92 Å². The lowest BCUT2D eigenvalue weighted by Crippen LogP contribution is -2.44. The summed E-state index contributed by atoms with van der Waals surface area (Å²) in [7, 11) is 1.74. The van der Waals surface area contributed by atoms with Crippen LogP contribution in [0.3, 0.4) is 0 Å². The molecule has 2 unspecified atom stereocenters. The van der Waals surface area contributed by atoms with Gasteiger partial charge in [0.05, 0.1) is 6.54 Å². The Morgan fingerprint density at radius 1 is 1.17 bits per heavy atom. The van der Waals surface area contributed by atoms with E-state index in [0.717, 1.165) is 0 Å². The predicted molar refractivity (Wildman–Crippen MR) is 89.3 cm³/mol. The number of benzene rings is 1. The van der Waals surface area contributed by atoms with Crippen LogP contribution in [0.15, 0.2) is 30.3 Å². The Balaban J connectivity index is 0. The third-order valence-corrected chi connectivity index (χ3v) is 3.03. The monoisotopic (exact) mass is 375 g/mol. The van der Waals surface area contributed by atoms with Crippen LogP contribution >= 0.6 is 24.8 Å². The summed E-state index contributed by atoms with van der Waals surface area (Å²) in [6.45, 7) is 1.82. The van der Waals surface area contributed by atoms with Crippen molar-refractivity contribution in [3.63, 3.8) is 0 Å². The summed E-state index contributed by atoms with van der Waals surface area (Å²) in [5.41, 5.74) is 0.0846. The van der Waals surface area contributed by atoms with Crippen molar-refractivity contribution in [3.8, 4) is 0 Å². The molecular weight excluding hydrogens is 354 g/mol. The Bertz CT molecular complexity index is 447. The Hall–Kier alpha value is -1.02. The molecule has 1 amide bonds. The van der Waals surface area contributed by atoms with Crippen LogP contribution in [0.1, 0.15) is 18.5 Å². The molecule has 2 atom stereocenters. The molecule has 0 bridgehead atoms. The van der Waals surface area contributed by atoms with E-state index in [2.05, 4.69) is 16.0 Å². The van der Waals surface area contributed by atoms with Gasteiger partial charge in [0.2, 0.25) is 5.91 Å². The third-order valence-electron chi connectivity index (χ3n) is 3.03. The van der Waals surface area contributed by atoms with Gasteiger partial charge in [-0.2, -0.15) is 13.2 Å². The number of halogens is 5. The second-order valence-corrected chi connectivity index (χ2v) is 4.76. The molecule has 134 valence electrons. The molecule has 0 fully saturated rings. The van der Waals surface area contributed by atoms with E-state index in [0.29, 0.717) is 6.54 Å².